The van der Waals surface area contributed by atoms with Gasteiger partial charge in [0.2, 0.25) is 5.95 Å². The van der Waals surface area contributed by atoms with Crippen molar-refractivity contribution in [1.29, 1.82) is 0 Å². The van der Waals surface area contributed by atoms with E-state index in [4.69, 9.17) is 9.97 Å². The van der Waals surface area contributed by atoms with Crippen molar-refractivity contribution < 1.29 is 5.11 Å². The Balaban J connectivity index is 1.77. The number of aliphatic hydroxyl groups is 1. The Kier molecular flexibility index (Phi) is 3.38. The van der Waals surface area contributed by atoms with E-state index in [-0.39, 0.29) is 0 Å². The molecule has 0 unspecified atom stereocenters. The van der Waals surface area contributed by atoms with E-state index in [0.29, 0.717) is 0 Å². The Hall–Kier alpha value is -1.94. The molecule has 0 atom stereocenters. The summed E-state index contributed by atoms with van der Waals surface area (Å²) in [7, 11) is 0. The van der Waals surface area contributed by atoms with E-state index >= 15 is 0 Å². The highest BCUT2D eigenvalue weighted by Gasteiger charge is 2.25. The van der Waals surface area contributed by atoms with Crippen LogP contribution in [0.2, 0.25) is 0 Å². The molecule has 1 aliphatic carbocycles. The Morgan fingerprint density at radius 2 is 1.74 bits per heavy atom. The van der Waals surface area contributed by atoms with Gasteiger partial charge in [-0.05, 0) is 45.1 Å². The Morgan fingerprint density at radius 3 is 2.35 bits per heavy atom. The molecule has 2 aliphatic rings. The number of anilines is 1. The normalized spacial score (nSPS) is 17.1. The third-order valence-electron chi connectivity index (χ3n) is 4.93. The molecule has 4 nitrogen and oxygen atoms in total. The summed E-state index contributed by atoms with van der Waals surface area (Å²) in [5, 5.41) is 10.1. The lowest BCUT2D eigenvalue weighted by Crippen LogP contribution is -2.38. The first kappa shape index (κ1) is 14.6. The van der Waals surface area contributed by atoms with E-state index in [1.165, 1.54) is 24.1 Å². The number of benzene rings is 1. The first-order valence-corrected chi connectivity index (χ1v) is 8.50. The SMILES string of the molecule is CC(C)(O)c1ccc(-c2nc(N3CCC3)nc3c2CCC3)cc1. The maximum atomic E-state index is 10.1. The van der Waals surface area contributed by atoms with Crippen LogP contribution in [0.3, 0.4) is 0 Å². The van der Waals surface area contributed by atoms with Crippen LogP contribution in [0.25, 0.3) is 11.3 Å². The van der Waals surface area contributed by atoms with Gasteiger partial charge in [-0.1, -0.05) is 24.3 Å². The van der Waals surface area contributed by atoms with Crippen molar-refractivity contribution >= 4 is 5.95 Å². The second kappa shape index (κ2) is 5.31. The standard InChI is InChI=1S/C19H23N3O/c1-19(2,23)14-9-7-13(8-10-14)17-15-5-3-6-16(15)20-18(21-17)22-11-4-12-22/h7-10,23H,3-6,11-12H2,1-2H3. The van der Waals surface area contributed by atoms with Gasteiger partial charge in [-0.25, -0.2) is 9.97 Å². The molecule has 0 saturated carbocycles. The summed E-state index contributed by atoms with van der Waals surface area (Å²) in [6, 6.07) is 8.16. The number of nitrogens with zero attached hydrogens (tertiary/aromatic N) is 3. The topological polar surface area (TPSA) is 49.3 Å². The highest BCUT2D eigenvalue weighted by atomic mass is 16.3. The van der Waals surface area contributed by atoms with Crippen molar-refractivity contribution in [3.63, 3.8) is 0 Å². The van der Waals surface area contributed by atoms with E-state index in [1.54, 1.807) is 0 Å². The van der Waals surface area contributed by atoms with Gasteiger partial charge in [-0.2, -0.15) is 0 Å². The van der Waals surface area contributed by atoms with E-state index in [2.05, 4.69) is 17.0 Å². The fraction of sp³-hybridized carbons (Fsp3) is 0.474. The maximum absolute atomic E-state index is 10.1. The third-order valence-corrected chi connectivity index (χ3v) is 4.93. The molecule has 1 aromatic heterocycles. The van der Waals surface area contributed by atoms with E-state index < -0.39 is 5.60 Å². The van der Waals surface area contributed by atoms with Crippen LogP contribution in [0, 0.1) is 0 Å². The van der Waals surface area contributed by atoms with Crippen LogP contribution in [-0.4, -0.2) is 28.2 Å². The van der Waals surface area contributed by atoms with Gasteiger partial charge in [-0.3, -0.25) is 0 Å². The molecule has 0 amide bonds. The van der Waals surface area contributed by atoms with Gasteiger partial charge in [0.05, 0.1) is 11.3 Å². The molecular formula is C19H23N3O. The summed E-state index contributed by atoms with van der Waals surface area (Å²) in [4.78, 5) is 11.9. The monoisotopic (exact) mass is 309 g/mol. The average Bonchev–Trinajstić information content (AvgIpc) is 2.92. The van der Waals surface area contributed by atoms with Crippen LogP contribution in [-0.2, 0) is 18.4 Å². The number of rotatable bonds is 3. The summed E-state index contributed by atoms with van der Waals surface area (Å²) >= 11 is 0. The molecule has 0 spiro atoms. The highest BCUT2D eigenvalue weighted by molar-refractivity contribution is 5.67. The molecule has 1 fully saturated rings. The van der Waals surface area contributed by atoms with Crippen molar-refractivity contribution in [3.8, 4) is 11.3 Å². The molecule has 2 heterocycles. The van der Waals surface area contributed by atoms with E-state index in [0.717, 1.165) is 48.7 Å². The zero-order valence-electron chi connectivity index (χ0n) is 13.8. The number of aromatic nitrogens is 2. The summed E-state index contributed by atoms with van der Waals surface area (Å²) in [6.07, 6.45) is 4.53. The lowest BCUT2D eigenvalue weighted by molar-refractivity contribution is 0.0786. The van der Waals surface area contributed by atoms with Crippen molar-refractivity contribution in [3.05, 3.63) is 41.1 Å². The van der Waals surface area contributed by atoms with Crippen LogP contribution in [0.15, 0.2) is 24.3 Å². The van der Waals surface area contributed by atoms with Gasteiger partial charge in [0.25, 0.3) is 0 Å². The summed E-state index contributed by atoms with van der Waals surface area (Å²) in [6.45, 7) is 5.75. The summed E-state index contributed by atoms with van der Waals surface area (Å²) < 4.78 is 0. The van der Waals surface area contributed by atoms with Crippen LogP contribution < -0.4 is 4.90 Å². The second-order valence-corrected chi connectivity index (χ2v) is 7.13. The minimum atomic E-state index is -0.811. The minimum Gasteiger partial charge on any atom is -0.386 e. The Labute approximate surface area is 137 Å². The number of hydrogen-bond donors (Lipinski definition) is 1. The Morgan fingerprint density at radius 1 is 1.00 bits per heavy atom. The predicted octanol–water partition coefficient (Wildman–Crippen LogP) is 3.07. The van der Waals surface area contributed by atoms with Crippen LogP contribution in [0.4, 0.5) is 5.95 Å². The van der Waals surface area contributed by atoms with Gasteiger partial charge in [0.1, 0.15) is 0 Å². The van der Waals surface area contributed by atoms with Crippen LogP contribution in [0.1, 0.15) is 43.5 Å². The molecule has 1 aromatic carbocycles. The fourth-order valence-corrected chi connectivity index (χ4v) is 3.35. The van der Waals surface area contributed by atoms with E-state index in [1.807, 2.05) is 26.0 Å². The third kappa shape index (κ3) is 2.61. The first-order chi connectivity index (χ1) is 11.0. The molecule has 1 saturated heterocycles. The van der Waals surface area contributed by atoms with Crippen LogP contribution >= 0.6 is 0 Å². The summed E-state index contributed by atoms with van der Waals surface area (Å²) in [5.41, 5.74) is 4.86. The first-order valence-electron chi connectivity index (χ1n) is 8.50. The number of fused-ring (bicyclic) bond motifs is 1. The second-order valence-electron chi connectivity index (χ2n) is 7.13. The zero-order valence-corrected chi connectivity index (χ0v) is 13.8. The molecule has 4 heteroatoms. The van der Waals surface area contributed by atoms with Gasteiger partial charge < -0.3 is 10.0 Å². The molecular weight excluding hydrogens is 286 g/mol. The molecule has 0 radical (unpaired) electrons. The summed E-state index contributed by atoms with van der Waals surface area (Å²) in [5.74, 6) is 0.887. The Bertz CT molecular complexity index is 728. The smallest absolute Gasteiger partial charge is 0.226 e. The zero-order chi connectivity index (χ0) is 16.0. The largest absolute Gasteiger partial charge is 0.386 e. The quantitative estimate of drug-likeness (QED) is 0.946. The van der Waals surface area contributed by atoms with Gasteiger partial charge in [0, 0.05) is 29.9 Å². The molecule has 4 rings (SSSR count). The van der Waals surface area contributed by atoms with Crippen molar-refractivity contribution in [2.75, 3.05) is 18.0 Å². The number of hydrogen-bond acceptors (Lipinski definition) is 4. The fourth-order valence-electron chi connectivity index (χ4n) is 3.35. The lowest BCUT2D eigenvalue weighted by atomic mass is 9.96. The van der Waals surface area contributed by atoms with Crippen molar-refractivity contribution in [2.24, 2.45) is 0 Å². The van der Waals surface area contributed by atoms with Gasteiger partial charge in [-0.15, -0.1) is 0 Å². The van der Waals surface area contributed by atoms with Crippen molar-refractivity contribution in [1.82, 2.24) is 9.97 Å². The van der Waals surface area contributed by atoms with Gasteiger partial charge in [0.15, 0.2) is 0 Å². The highest BCUT2D eigenvalue weighted by Crippen LogP contribution is 2.33. The molecule has 23 heavy (non-hydrogen) atoms. The van der Waals surface area contributed by atoms with Crippen molar-refractivity contribution in [2.45, 2.75) is 45.1 Å². The molecule has 0 bridgehead atoms. The van der Waals surface area contributed by atoms with Crippen LogP contribution in [0.5, 0.6) is 0 Å². The molecule has 1 N–H and O–H groups in total. The van der Waals surface area contributed by atoms with E-state index in [9.17, 15) is 5.11 Å². The minimum absolute atomic E-state index is 0.811. The van der Waals surface area contributed by atoms with Gasteiger partial charge >= 0.3 is 0 Å². The molecule has 120 valence electrons. The maximum Gasteiger partial charge on any atom is 0.226 e. The average molecular weight is 309 g/mol. The number of aryl methyl sites for hydroxylation is 1. The lowest BCUT2D eigenvalue weighted by Gasteiger charge is -2.31. The predicted molar refractivity (Wildman–Crippen MR) is 91.6 cm³/mol. The molecule has 2 aromatic rings. The molecule has 1 aliphatic heterocycles.